The highest BCUT2D eigenvalue weighted by Gasteiger charge is 2.23. The maximum Gasteiger partial charge on any atom is 0.318 e. The Morgan fingerprint density at radius 3 is 2.86 bits per heavy atom. The number of aliphatic hydroxyl groups excluding tert-OH is 1. The third kappa shape index (κ3) is 4.72. The van der Waals surface area contributed by atoms with Crippen molar-refractivity contribution in [2.45, 2.75) is 38.9 Å². The first-order chi connectivity index (χ1) is 13.4. The van der Waals surface area contributed by atoms with Gasteiger partial charge in [-0.25, -0.2) is 14.2 Å². The number of aliphatic hydroxyl groups is 1. The number of hydrogen-bond acceptors (Lipinski definition) is 4. The summed E-state index contributed by atoms with van der Waals surface area (Å²) in [5.41, 5.74) is 2.89. The first-order valence-electron chi connectivity index (χ1n) is 9.23. The van der Waals surface area contributed by atoms with Gasteiger partial charge >= 0.3 is 6.03 Å². The fourth-order valence-corrected chi connectivity index (χ4v) is 3.32. The zero-order valence-corrected chi connectivity index (χ0v) is 16.6. The van der Waals surface area contributed by atoms with Crippen LogP contribution in [0.3, 0.4) is 0 Å². The summed E-state index contributed by atoms with van der Waals surface area (Å²) in [6, 6.07) is 5.77. The van der Waals surface area contributed by atoms with E-state index in [-0.39, 0.29) is 29.7 Å². The van der Waals surface area contributed by atoms with Gasteiger partial charge < -0.3 is 20.6 Å². The van der Waals surface area contributed by atoms with E-state index < -0.39 is 5.82 Å². The molecule has 28 heavy (non-hydrogen) atoms. The van der Waals surface area contributed by atoms with E-state index >= 15 is 0 Å². The fourth-order valence-electron chi connectivity index (χ4n) is 3.13. The molecule has 2 unspecified atom stereocenters. The molecule has 0 saturated carbocycles. The van der Waals surface area contributed by atoms with Gasteiger partial charge in [-0.05, 0) is 55.2 Å². The van der Waals surface area contributed by atoms with Crippen LogP contribution in [0.1, 0.15) is 36.6 Å². The molecule has 2 heterocycles. The van der Waals surface area contributed by atoms with E-state index in [9.17, 15) is 14.3 Å². The molecule has 2 aromatic rings. The van der Waals surface area contributed by atoms with Gasteiger partial charge in [0.25, 0.3) is 0 Å². The largest absolute Gasteiger partial charge is 0.394 e. The second-order valence-corrected chi connectivity index (χ2v) is 7.49. The first kappa shape index (κ1) is 20.4. The van der Waals surface area contributed by atoms with Crippen molar-refractivity contribution in [2.75, 3.05) is 18.5 Å². The number of nitrogens with zero attached hydrogens (tertiary/aromatic N) is 2. The monoisotopic (exact) mass is 406 g/mol. The Morgan fingerprint density at radius 2 is 2.14 bits per heavy atom. The molecule has 150 valence electrons. The summed E-state index contributed by atoms with van der Waals surface area (Å²) in [4.78, 5) is 18.8. The molecule has 0 fully saturated rings. The molecule has 3 rings (SSSR count). The van der Waals surface area contributed by atoms with Gasteiger partial charge in [-0.1, -0.05) is 17.7 Å². The van der Waals surface area contributed by atoms with Gasteiger partial charge in [0.2, 0.25) is 0 Å². The zero-order valence-electron chi connectivity index (χ0n) is 15.9. The Hall–Kier alpha value is -2.38. The highest BCUT2D eigenvalue weighted by molar-refractivity contribution is 6.30. The summed E-state index contributed by atoms with van der Waals surface area (Å²) >= 11 is 5.83. The molecule has 1 aliphatic rings. The molecule has 1 aliphatic heterocycles. The second kappa shape index (κ2) is 8.75. The molecule has 8 heteroatoms. The van der Waals surface area contributed by atoms with E-state index in [0.717, 1.165) is 23.1 Å². The van der Waals surface area contributed by atoms with E-state index in [1.165, 1.54) is 12.1 Å². The Kier molecular flexibility index (Phi) is 6.36. The molecule has 0 saturated heterocycles. The Labute approximate surface area is 168 Å². The number of pyridine rings is 1. The molecule has 1 aromatic carbocycles. The number of aromatic nitrogens is 1. The third-order valence-corrected chi connectivity index (χ3v) is 5.12. The van der Waals surface area contributed by atoms with E-state index in [1.54, 1.807) is 11.0 Å². The van der Waals surface area contributed by atoms with Gasteiger partial charge in [0.05, 0.1) is 17.7 Å². The van der Waals surface area contributed by atoms with Gasteiger partial charge in [-0.3, -0.25) is 0 Å². The lowest BCUT2D eigenvalue weighted by Crippen LogP contribution is -2.43. The SMILES string of the molecule is CC(CO)Nc1cc2c(cn1)CCN(C(=O)NC(C)c1ccc(F)c(Cl)c1)C2. The second-order valence-electron chi connectivity index (χ2n) is 7.08. The van der Waals surface area contributed by atoms with Crippen molar-refractivity contribution >= 4 is 23.4 Å². The maximum atomic E-state index is 13.3. The number of nitrogens with one attached hydrogen (secondary N) is 2. The van der Waals surface area contributed by atoms with Crippen LogP contribution in [0.25, 0.3) is 0 Å². The summed E-state index contributed by atoms with van der Waals surface area (Å²) in [5.74, 6) is 0.196. The molecule has 2 atom stereocenters. The zero-order chi connectivity index (χ0) is 20.3. The Bertz CT molecular complexity index is 864. The maximum absolute atomic E-state index is 13.3. The Balaban J connectivity index is 1.66. The number of halogens is 2. The molecule has 0 spiro atoms. The number of benzene rings is 1. The van der Waals surface area contributed by atoms with Crippen molar-refractivity contribution in [3.05, 3.63) is 58.0 Å². The van der Waals surface area contributed by atoms with Crippen molar-refractivity contribution in [1.29, 1.82) is 0 Å². The van der Waals surface area contributed by atoms with Crippen LogP contribution in [-0.2, 0) is 13.0 Å². The summed E-state index contributed by atoms with van der Waals surface area (Å²) in [6.45, 7) is 4.78. The van der Waals surface area contributed by atoms with Crippen molar-refractivity contribution < 1.29 is 14.3 Å². The number of fused-ring (bicyclic) bond motifs is 1. The van der Waals surface area contributed by atoms with Crippen LogP contribution in [-0.4, -0.2) is 40.2 Å². The topological polar surface area (TPSA) is 77.5 Å². The molecule has 0 bridgehead atoms. The summed E-state index contributed by atoms with van der Waals surface area (Å²) in [5, 5.41) is 15.3. The number of amides is 2. The number of carbonyl (C=O) groups is 1. The lowest BCUT2D eigenvalue weighted by Gasteiger charge is -2.30. The average Bonchev–Trinajstić information content (AvgIpc) is 2.69. The van der Waals surface area contributed by atoms with Crippen molar-refractivity contribution in [1.82, 2.24) is 15.2 Å². The van der Waals surface area contributed by atoms with Gasteiger partial charge in [0.15, 0.2) is 0 Å². The minimum atomic E-state index is -0.481. The van der Waals surface area contributed by atoms with Crippen LogP contribution in [0.5, 0.6) is 0 Å². The third-order valence-electron chi connectivity index (χ3n) is 4.83. The van der Waals surface area contributed by atoms with Gasteiger partial charge in [0.1, 0.15) is 11.6 Å². The predicted octanol–water partition coefficient (Wildman–Crippen LogP) is 3.50. The molecular weight excluding hydrogens is 383 g/mol. The van der Waals surface area contributed by atoms with E-state index in [0.29, 0.717) is 18.9 Å². The first-order valence-corrected chi connectivity index (χ1v) is 9.60. The molecule has 2 amide bonds. The molecule has 0 radical (unpaired) electrons. The summed E-state index contributed by atoms with van der Waals surface area (Å²) in [6.07, 6.45) is 2.54. The van der Waals surface area contributed by atoms with Crippen molar-refractivity contribution in [3.63, 3.8) is 0 Å². The lowest BCUT2D eigenvalue weighted by atomic mass is 10.0. The number of carbonyl (C=O) groups excluding carboxylic acids is 1. The normalized spacial score (nSPS) is 15.5. The van der Waals surface area contributed by atoms with Crippen LogP contribution in [0.4, 0.5) is 15.0 Å². The van der Waals surface area contributed by atoms with Crippen LogP contribution in [0, 0.1) is 5.82 Å². The average molecular weight is 407 g/mol. The van der Waals surface area contributed by atoms with E-state index in [4.69, 9.17) is 11.6 Å². The van der Waals surface area contributed by atoms with Crippen molar-refractivity contribution in [2.24, 2.45) is 0 Å². The summed E-state index contributed by atoms with van der Waals surface area (Å²) < 4.78 is 13.3. The minimum Gasteiger partial charge on any atom is -0.394 e. The number of urea groups is 1. The number of anilines is 1. The molecular formula is C20H24ClFN4O2. The molecule has 6 nitrogen and oxygen atoms in total. The van der Waals surface area contributed by atoms with Crippen molar-refractivity contribution in [3.8, 4) is 0 Å². The molecule has 0 aliphatic carbocycles. The smallest absolute Gasteiger partial charge is 0.318 e. The quantitative estimate of drug-likeness (QED) is 0.710. The summed E-state index contributed by atoms with van der Waals surface area (Å²) in [7, 11) is 0. The van der Waals surface area contributed by atoms with Crippen LogP contribution < -0.4 is 10.6 Å². The van der Waals surface area contributed by atoms with Crippen LogP contribution in [0.15, 0.2) is 30.5 Å². The standard InChI is InChI=1S/C20H24ClFN4O2/c1-12(11-27)24-19-8-16-10-26(6-5-15(16)9-23-19)20(28)25-13(2)14-3-4-18(22)17(21)7-14/h3-4,7-9,12-13,27H,5-6,10-11H2,1-2H3,(H,23,24)(H,25,28). The highest BCUT2D eigenvalue weighted by atomic mass is 35.5. The lowest BCUT2D eigenvalue weighted by molar-refractivity contribution is 0.189. The van der Waals surface area contributed by atoms with Gasteiger partial charge in [-0.2, -0.15) is 0 Å². The van der Waals surface area contributed by atoms with Crippen LogP contribution >= 0.6 is 11.6 Å². The minimum absolute atomic E-state index is 0.0125. The van der Waals surface area contributed by atoms with E-state index in [2.05, 4.69) is 15.6 Å². The van der Waals surface area contributed by atoms with Crippen LogP contribution in [0.2, 0.25) is 5.02 Å². The van der Waals surface area contributed by atoms with Gasteiger partial charge in [-0.15, -0.1) is 0 Å². The Morgan fingerprint density at radius 1 is 1.36 bits per heavy atom. The number of hydrogen-bond donors (Lipinski definition) is 3. The number of rotatable bonds is 5. The predicted molar refractivity (Wildman–Crippen MR) is 107 cm³/mol. The fraction of sp³-hybridized carbons (Fsp3) is 0.400. The van der Waals surface area contributed by atoms with Gasteiger partial charge in [0, 0.05) is 25.3 Å². The molecule has 3 N–H and O–H groups in total. The van der Waals surface area contributed by atoms with E-state index in [1.807, 2.05) is 26.1 Å². The molecule has 1 aromatic heterocycles. The highest BCUT2D eigenvalue weighted by Crippen LogP contribution is 2.23.